The highest BCUT2D eigenvalue weighted by atomic mass is 35.5. The van der Waals surface area contributed by atoms with E-state index in [-0.39, 0.29) is 11.6 Å². The number of halogens is 1. The molecule has 4 aromatic carbocycles. The number of hydrogen-bond acceptors (Lipinski definition) is 6. The molecular formula is C33H25ClN2O4. The van der Waals surface area contributed by atoms with Gasteiger partial charge in [0, 0.05) is 22.7 Å². The Bertz CT molecular complexity index is 1650. The van der Waals surface area contributed by atoms with Crippen molar-refractivity contribution in [2.75, 3.05) is 0 Å². The van der Waals surface area contributed by atoms with E-state index in [1.807, 2.05) is 67.6 Å². The zero-order valence-corrected chi connectivity index (χ0v) is 22.4. The summed E-state index contributed by atoms with van der Waals surface area (Å²) in [4.78, 5) is 12.4. The number of allylic oxidation sites excluding steroid dienone is 1. The lowest BCUT2D eigenvalue weighted by atomic mass is 9.83. The largest absolute Gasteiger partial charge is 0.489 e. The summed E-state index contributed by atoms with van der Waals surface area (Å²) in [5, 5.41) is 10.4. The third kappa shape index (κ3) is 6.01. The fraction of sp³-hybridized carbons (Fsp3) is 0.0909. The number of nitrogens with two attached hydrogens (primary N) is 1. The third-order valence-corrected chi connectivity index (χ3v) is 6.80. The SMILES string of the molecule is Cc1ccc(COc2ccc(C3C(C#N)=C(N)Oc4cc(OC(=O)/C=C/c5ccccc5Cl)ccc43)cc2)cc1. The van der Waals surface area contributed by atoms with Crippen molar-refractivity contribution >= 4 is 23.6 Å². The van der Waals surface area contributed by atoms with Crippen LogP contribution in [0.3, 0.4) is 0 Å². The average Bonchev–Trinajstić information content (AvgIpc) is 2.96. The van der Waals surface area contributed by atoms with Crippen molar-refractivity contribution in [1.29, 1.82) is 5.26 Å². The van der Waals surface area contributed by atoms with E-state index in [2.05, 4.69) is 6.07 Å². The summed E-state index contributed by atoms with van der Waals surface area (Å²) in [7, 11) is 0. The molecule has 1 heterocycles. The minimum absolute atomic E-state index is 0.00166. The Balaban J connectivity index is 1.33. The first-order valence-electron chi connectivity index (χ1n) is 12.6. The molecule has 0 saturated heterocycles. The van der Waals surface area contributed by atoms with Crippen LogP contribution in [0.1, 0.15) is 33.7 Å². The van der Waals surface area contributed by atoms with E-state index in [1.54, 1.807) is 36.4 Å². The molecule has 7 heteroatoms. The smallest absolute Gasteiger partial charge is 0.336 e. The van der Waals surface area contributed by atoms with Gasteiger partial charge >= 0.3 is 5.97 Å². The summed E-state index contributed by atoms with van der Waals surface area (Å²) >= 11 is 6.14. The molecule has 0 aromatic heterocycles. The van der Waals surface area contributed by atoms with Gasteiger partial charge in [0.05, 0.1) is 5.92 Å². The Kier molecular flexibility index (Phi) is 7.86. The van der Waals surface area contributed by atoms with Crippen molar-refractivity contribution in [2.45, 2.75) is 19.4 Å². The summed E-state index contributed by atoms with van der Waals surface area (Å²) in [5.74, 6) is 0.362. The highest BCUT2D eigenvalue weighted by molar-refractivity contribution is 6.32. The monoisotopic (exact) mass is 548 g/mol. The molecular weight excluding hydrogens is 524 g/mol. The molecule has 0 spiro atoms. The lowest BCUT2D eigenvalue weighted by molar-refractivity contribution is -0.128. The van der Waals surface area contributed by atoms with E-state index in [9.17, 15) is 10.1 Å². The number of rotatable bonds is 7. The van der Waals surface area contributed by atoms with Crippen molar-refractivity contribution in [3.63, 3.8) is 0 Å². The van der Waals surface area contributed by atoms with Gasteiger partial charge in [0.15, 0.2) is 0 Å². The van der Waals surface area contributed by atoms with Crippen molar-refractivity contribution in [3.8, 4) is 23.3 Å². The lowest BCUT2D eigenvalue weighted by Crippen LogP contribution is -2.21. The van der Waals surface area contributed by atoms with Crippen molar-refractivity contribution < 1.29 is 19.0 Å². The Labute approximate surface area is 237 Å². The number of ether oxygens (including phenoxy) is 3. The lowest BCUT2D eigenvalue weighted by Gasteiger charge is -2.26. The van der Waals surface area contributed by atoms with Crippen LogP contribution in [-0.2, 0) is 11.4 Å². The van der Waals surface area contributed by atoms with Crippen LogP contribution >= 0.6 is 11.6 Å². The summed E-state index contributed by atoms with van der Waals surface area (Å²) < 4.78 is 17.2. The quantitative estimate of drug-likeness (QED) is 0.151. The van der Waals surface area contributed by atoms with Gasteiger partial charge in [0.25, 0.3) is 0 Å². The minimum Gasteiger partial charge on any atom is -0.489 e. The minimum atomic E-state index is -0.574. The molecule has 198 valence electrons. The number of carbonyl (C=O) groups is 1. The molecule has 0 amide bonds. The fourth-order valence-electron chi connectivity index (χ4n) is 4.37. The maximum absolute atomic E-state index is 12.4. The van der Waals surface area contributed by atoms with Crippen molar-refractivity contribution in [2.24, 2.45) is 5.73 Å². The van der Waals surface area contributed by atoms with Crippen LogP contribution in [0.5, 0.6) is 17.2 Å². The Morgan fingerprint density at radius 2 is 1.75 bits per heavy atom. The molecule has 0 radical (unpaired) electrons. The molecule has 5 rings (SSSR count). The molecule has 0 saturated carbocycles. The predicted molar refractivity (Wildman–Crippen MR) is 154 cm³/mol. The van der Waals surface area contributed by atoms with E-state index in [0.29, 0.717) is 34.3 Å². The van der Waals surface area contributed by atoms with Crippen LogP contribution in [0.2, 0.25) is 5.02 Å². The van der Waals surface area contributed by atoms with Crippen LogP contribution in [0.25, 0.3) is 6.08 Å². The zero-order chi connectivity index (χ0) is 28.1. The molecule has 0 aliphatic carbocycles. The first-order valence-corrected chi connectivity index (χ1v) is 12.9. The molecule has 4 aromatic rings. The second-order valence-electron chi connectivity index (χ2n) is 9.24. The molecule has 0 bridgehead atoms. The van der Waals surface area contributed by atoms with Gasteiger partial charge in [-0.3, -0.25) is 0 Å². The zero-order valence-electron chi connectivity index (χ0n) is 21.6. The second-order valence-corrected chi connectivity index (χ2v) is 9.65. The van der Waals surface area contributed by atoms with Gasteiger partial charge in [-0.05, 0) is 54.0 Å². The van der Waals surface area contributed by atoms with Gasteiger partial charge in [0.2, 0.25) is 5.88 Å². The van der Waals surface area contributed by atoms with E-state index < -0.39 is 11.9 Å². The van der Waals surface area contributed by atoms with Crippen LogP contribution in [0.15, 0.2) is 109 Å². The summed E-state index contributed by atoms with van der Waals surface area (Å²) in [6.45, 7) is 2.49. The molecule has 0 fully saturated rings. The molecule has 1 atom stereocenters. The normalized spacial score (nSPS) is 14.3. The summed E-state index contributed by atoms with van der Waals surface area (Å²) in [6.07, 6.45) is 2.89. The Hall–Kier alpha value is -4.99. The maximum Gasteiger partial charge on any atom is 0.336 e. The number of benzene rings is 4. The molecule has 2 N–H and O–H groups in total. The van der Waals surface area contributed by atoms with Gasteiger partial charge in [-0.15, -0.1) is 0 Å². The standard InChI is InChI=1S/C33H25ClN2O4/c1-21-6-8-22(9-7-21)20-38-25-13-10-24(11-14-25)32-27-16-15-26(18-30(27)40-33(36)28(32)19-35)39-31(37)17-12-23-4-2-3-5-29(23)34/h2-18,32H,20,36H2,1H3/b17-12+. The highest BCUT2D eigenvalue weighted by Gasteiger charge is 2.31. The summed E-state index contributed by atoms with van der Waals surface area (Å²) in [5.41, 5.74) is 11.0. The van der Waals surface area contributed by atoms with Gasteiger partial charge in [-0.2, -0.15) is 5.26 Å². The van der Waals surface area contributed by atoms with E-state index >= 15 is 0 Å². The van der Waals surface area contributed by atoms with Gasteiger partial charge in [-0.25, -0.2) is 4.79 Å². The predicted octanol–water partition coefficient (Wildman–Crippen LogP) is 7.06. The first-order chi connectivity index (χ1) is 19.4. The van der Waals surface area contributed by atoms with Gasteiger partial charge < -0.3 is 19.9 Å². The highest BCUT2D eigenvalue weighted by Crippen LogP contribution is 2.43. The molecule has 40 heavy (non-hydrogen) atoms. The number of nitrogens with zero attached hydrogens (tertiary/aromatic N) is 1. The van der Waals surface area contributed by atoms with Crippen LogP contribution in [0.4, 0.5) is 0 Å². The molecule has 1 aliphatic heterocycles. The molecule has 1 unspecified atom stereocenters. The molecule has 1 aliphatic rings. The Morgan fingerprint density at radius 3 is 2.48 bits per heavy atom. The van der Waals surface area contributed by atoms with Crippen LogP contribution < -0.4 is 19.9 Å². The maximum atomic E-state index is 12.4. The summed E-state index contributed by atoms with van der Waals surface area (Å²) in [6, 6.07) is 30.1. The van der Waals surface area contributed by atoms with E-state index in [1.165, 1.54) is 11.6 Å². The number of hydrogen-bond donors (Lipinski definition) is 1. The molecule has 6 nitrogen and oxygen atoms in total. The van der Waals surface area contributed by atoms with Crippen molar-refractivity contribution in [3.05, 3.63) is 141 Å². The van der Waals surface area contributed by atoms with Crippen LogP contribution in [0, 0.1) is 18.3 Å². The van der Waals surface area contributed by atoms with E-state index in [0.717, 1.165) is 16.7 Å². The third-order valence-electron chi connectivity index (χ3n) is 6.45. The van der Waals surface area contributed by atoms with Gasteiger partial charge in [-0.1, -0.05) is 77.8 Å². The fourth-order valence-corrected chi connectivity index (χ4v) is 4.57. The topological polar surface area (TPSA) is 94.6 Å². The Morgan fingerprint density at radius 1 is 1.02 bits per heavy atom. The van der Waals surface area contributed by atoms with E-state index in [4.69, 9.17) is 31.5 Å². The number of nitriles is 1. The number of aryl methyl sites for hydroxylation is 1. The van der Waals surface area contributed by atoms with Crippen molar-refractivity contribution in [1.82, 2.24) is 0 Å². The van der Waals surface area contributed by atoms with Crippen LogP contribution in [-0.4, -0.2) is 5.97 Å². The first kappa shape index (κ1) is 26.6. The average molecular weight is 549 g/mol. The number of carbonyl (C=O) groups excluding carboxylic acids is 1. The number of esters is 1. The number of fused-ring (bicyclic) bond motifs is 1. The van der Waals surface area contributed by atoms with Gasteiger partial charge in [0.1, 0.15) is 35.5 Å². The second kappa shape index (κ2) is 11.8.